The highest BCUT2D eigenvalue weighted by atomic mass is 32.1. The van der Waals surface area contributed by atoms with Gasteiger partial charge in [-0.2, -0.15) is 5.10 Å². The van der Waals surface area contributed by atoms with E-state index in [4.69, 9.17) is 15.5 Å². The fourth-order valence-electron chi connectivity index (χ4n) is 4.70. The number of benzene rings is 2. The lowest BCUT2D eigenvalue weighted by atomic mass is 9.85. The van der Waals surface area contributed by atoms with E-state index in [0.717, 1.165) is 69.0 Å². The number of carbonyl (C=O) groups excluding carboxylic acids is 1. The lowest BCUT2D eigenvalue weighted by Gasteiger charge is -2.22. The Bertz CT molecular complexity index is 1520. The summed E-state index contributed by atoms with van der Waals surface area (Å²) in [5.74, 6) is -0.444. The molecule has 0 bridgehead atoms. The Morgan fingerprint density at radius 1 is 1.06 bits per heavy atom. The first-order chi connectivity index (χ1) is 15.1. The average Bonchev–Trinajstić information content (AvgIpc) is 3.39. The zero-order valence-corrected chi connectivity index (χ0v) is 17.7. The van der Waals surface area contributed by atoms with Gasteiger partial charge >= 0.3 is 5.97 Å². The number of H-pyrrole nitrogens is 1. The molecule has 31 heavy (non-hydrogen) atoms. The number of fused-ring (bicyclic) bond motifs is 6. The first kappa shape index (κ1) is 18.3. The van der Waals surface area contributed by atoms with Gasteiger partial charge in [-0.3, -0.25) is 5.10 Å². The van der Waals surface area contributed by atoms with Gasteiger partial charge in [-0.1, -0.05) is 17.4 Å². The predicted molar refractivity (Wildman–Crippen MR) is 122 cm³/mol. The number of nitrogens with two attached hydrogens (primary N) is 1. The normalized spacial score (nSPS) is 13.7. The molecular weight excluding hydrogens is 410 g/mol. The van der Waals surface area contributed by atoms with Crippen LogP contribution in [0.1, 0.15) is 34.5 Å². The second kappa shape index (κ2) is 6.75. The van der Waals surface area contributed by atoms with Gasteiger partial charge in [0.2, 0.25) is 0 Å². The number of aromatic nitrogens is 4. The molecule has 0 fully saturated rings. The number of esters is 1. The van der Waals surface area contributed by atoms with Crippen molar-refractivity contribution in [2.75, 3.05) is 12.8 Å². The van der Waals surface area contributed by atoms with Gasteiger partial charge in [0.1, 0.15) is 0 Å². The quantitative estimate of drug-likeness (QED) is 0.396. The van der Waals surface area contributed by atoms with Gasteiger partial charge in [-0.05, 0) is 61.1 Å². The summed E-state index contributed by atoms with van der Waals surface area (Å²) in [6.45, 7) is 0. The van der Waals surface area contributed by atoms with Gasteiger partial charge in [0.25, 0.3) is 0 Å². The van der Waals surface area contributed by atoms with E-state index in [1.165, 1.54) is 29.6 Å². The Labute approximate surface area is 181 Å². The van der Waals surface area contributed by atoms with E-state index in [2.05, 4.69) is 27.3 Å². The molecule has 0 unspecified atom stereocenters. The number of aryl methyl sites for hydroxylation is 1. The lowest BCUT2D eigenvalue weighted by Crippen LogP contribution is -2.09. The molecule has 0 radical (unpaired) electrons. The van der Waals surface area contributed by atoms with Gasteiger partial charge in [0, 0.05) is 16.3 Å². The molecule has 3 N–H and O–H groups in total. The Morgan fingerprint density at radius 2 is 1.87 bits per heavy atom. The number of aromatic amines is 1. The van der Waals surface area contributed by atoms with Crippen molar-refractivity contribution in [1.82, 2.24) is 20.2 Å². The van der Waals surface area contributed by atoms with Crippen LogP contribution in [0.15, 0.2) is 30.3 Å². The molecule has 1 aliphatic rings. The lowest BCUT2D eigenvalue weighted by molar-refractivity contribution is 0.0596. The maximum Gasteiger partial charge on any atom is 0.359 e. The van der Waals surface area contributed by atoms with Gasteiger partial charge in [0.15, 0.2) is 10.8 Å². The van der Waals surface area contributed by atoms with Crippen LogP contribution < -0.4 is 5.73 Å². The van der Waals surface area contributed by atoms with Gasteiger partial charge in [-0.15, -0.1) is 0 Å². The topological polar surface area (TPSA) is 107 Å². The summed E-state index contributed by atoms with van der Waals surface area (Å²) in [5, 5.41) is 9.59. The van der Waals surface area contributed by atoms with Crippen LogP contribution >= 0.6 is 11.3 Å². The molecule has 2 aromatic carbocycles. The minimum atomic E-state index is -0.444. The second-order valence-electron chi connectivity index (χ2n) is 7.81. The Hall–Kier alpha value is -3.52. The van der Waals surface area contributed by atoms with Gasteiger partial charge in [-0.25, -0.2) is 14.8 Å². The number of nitrogens with zero attached hydrogens (tertiary/aromatic N) is 3. The van der Waals surface area contributed by atoms with Crippen LogP contribution in [-0.4, -0.2) is 33.2 Å². The molecule has 0 aliphatic heterocycles. The van der Waals surface area contributed by atoms with E-state index >= 15 is 0 Å². The van der Waals surface area contributed by atoms with Crippen LogP contribution in [0, 0.1) is 0 Å². The summed E-state index contributed by atoms with van der Waals surface area (Å²) < 4.78 is 6.03. The summed E-state index contributed by atoms with van der Waals surface area (Å²) in [5.41, 5.74) is 13.4. The number of hydrogen-bond donors (Lipinski definition) is 2. The molecule has 7 nitrogen and oxygen atoms in total. The summed E-state index contributed by atoms with van der Waals surface area (Å²) in [6, 6.07) is 10.1. The smallest absolute Gasteiger partial charge is 0.359 e. The number of ether oxygens (including phenoxy) is 1. The van der Waals surface area contributed by atoms with E-state index < -0.39 is 5.97 Å². The van der Waals surface area contributed by atoms with Crippen molar-refractivity contribution in [2.24, 2.45) is 0 Å². The van der Waals surface area contributed by atoms with E-state index in [1.807, 2.05) is 18.2 Å². The molecular formula is C23H19N5O2S. The number of hydrogen-bond acceptors (Lipinski definition) is 7. The van der Waals surface area contributed by atoms with Crippen molar-refractivity contribution in [3.8, 4) is 11.3 Å². The Kier molecular flexibility index (Phi) is 3.97. The number of carbonyl (C=O) groups is 1. The highest BCUT2D eigenvalue weighted by Crippen LogP contribution is 2.39. The molecule has 0 amide bonds. The summed E-state index contributed by atoms with van der Waals surface area (Å²) >= 11 is 1.49. The van der Waals surface area contributed by atoms with Crippen LogP contribution in [-0.2, 0) is 17.6 Å². The van der Waals surface area contributed by atoms with Crippen molar-refractivity contribution < 1.29 is 9.53 Å². The Balaban J connectivity index is 1.68. The number of nitrogens with one attached hydrogen (secondary N) is 1. The average molecular weight is 430 g/mol. The standard InChI is InChI=1S/C23H19N5O2S/c1-30-22(29)21-19-16(27-28-21)9-8-15-18(19)12-4-2-3-5-13(12)20(25-15)11-6-7-14-17(10-11)31-23(24)26-14/h6-10H,2-5H2,1H3,(H2,24,26)(H,27,28). The van der Waals surface area contributed by atoms with Crippen LogP contribution in [0.2, 0.25) is 0 Å². The minimum absolute atomic E-state index is 0.312. The summed E-state index contributed by atoms with van der Waals surface area (Å²) in [7, 11) is 1.38. The third-order valence-electron chi connectivity index (χ3n) is 6.05. The number of nitrogen functional groups attached to an aromatic ring is 1. The van der Waals surface area contributed by atoms with Crippen LogP contribution in [0.4, 0.5) is 5.13 Å². The molecule has 8 heteroatoms. The number of pyridine rings is 1. The number of methoxy groups -OCH3 is 1. The third kappa shape index (κ3) is 2.71. The third-order valence-corrected chi connectivity index (χ3v) is 6.90. The fourth-order valence-corrected chi connectivity index (χ4v) is 5.48. The monoisotopic (exact) mass is 429 g/mol. The van der Waals surface area contributed by atoms with Crippen molar-refractivity contribution >= 4 is 54.5 Å². The molecule has 0 spiro atoms. The molecule has 0 saturated heterocycles. The minimum Gasteiger partial charge on any atom is -0.464 e. The fraction of sp³-hybridized carbons (Fsp3) is 0.217. The predicted octanol–water partition coefficient (Wildman–Crippen LogP) is 4.64. The molecule has 5 aromatic rings. The second-order valence-corrected chi connectivity index (χ2v) is 8.87. The maximum atomic E-state index is 12.4. The zero-order chi connectivity index (χ0) is 21.1. The first-order valence-electron chi connectivity index (χ1n) is 10.2. The molecule has 3 aromatic heterocycles. The van der Waals surface area contributed by atoms with Crippen LogP contribution in [0.3, 0.4) is 0 Å². The summed E-state index contributed by atoms with van der Waals surface area (Å²) in [4.78, 5) is 21.8. The van der Waals surface area contributed by atoms with Crippen molar-refractivity contribution in [3.63, 3.8) is 0 Å². The van der Waals surface area contributed by atoms with Crippen molar-refractivity contribution in [2.45, 2.75) is 25.7 Å². The van der Waals surface area contributed by atoms with Gasteiger partial charge in [0.05, 0.1) is 34.1 Å². The molecule has 6 rings (SSSR count). The molecule has 0 atom stereocenters. The van der Waals surface area contributed by atoms with E-state index in [0.29, 0.717) is 10.8 Å². The Morgan fingerprint density at radius 3 is 2.71 bits per heavy atom. The molecule has 0 saturated carbocycles. The highest BCUT2D eigenvalue weighted by Gasteiger charge is 2.24. The van der Waals surface area contributed by atoms with E-state index in [9.17, 15) is 4.79 Å². The first-order valence-corrected chi connectivity index (χ1v) is 11.0. The highest BCUT2D eigenvalue weighted by molar-refractivity contribution is 7.22. The molecule has 1 aliphatic carbocycles. The van der Waals surface area contributed by atoms with Crippen molar-refractivity contribution in [3.05, 3.63) is 47.2 Å². The SMILES string of the molecule is COC(=O)c1n[nH]c2ccc3nc(-c4ccc5nc(N)sc5c4)c4c(c3c12)CCCC4. The van der Waals surface area contributed by atoms with Gasteiger partial charge < -0.3 is 10.5 Å². The van der Waals surface area contributed by atoms with Crippen LogP contribution in [0.25, 0.3) is 43.3 Å². The number of rotatable bonds is 2. The zero-order valence-electron chi connectivity index (χ0n) is 16.9. The summed E-state index contributed by atoms with van der Waals surface area (Å²) in [6.07, 6.45) is 4.13. The van der Waals surface area contributed by atoms with E-state index in [1.54, 1.807) is 0 Å². The van der Waals surface area contributed by atoms with E-state index in [-0.39, 0.29) is 0 Å². The maximum absolute atomic E-state index is 12.4. The molecule has 3 heterocycles. The molecule has 154 valence electrons. The largest absolute Gasteiger partial charge is 0.464 e. The number of thiazole rings is 1. The number of anilines is 1. The van der Waals surface area contributed by atoms with Crippen molar-refractivity contribution in [1.29, 1.82) is 0 Å². The van der Waals surface area contributed by atoms with Crippen LogP contribution in [0.5, 0.6) is 0 Å².